The third-order valence-corrected chi connectivity index (χ3v) is 3.99. The van der Waals surface area contributed by atoms with Gasteiger partial charge in [0.2, 0.25) is 0 Å². The lowest BCUT2D eigenvalue weighted by molar-refractivity contribution is 0.103. The van der Waals surface area contributed by atoms with Gasteiger partial charge in [0.25, 0.3) is 0 Å². The summed E-state index contributed by atoms with van der Waals surface area (Å²) >= 11 is 0. The van der Waals surface area contributed by atoms with E-state index in [0.717, 1.165) is 32.4 Å². The van der Waals surface area contributed by atoms with Crippen molar-refractivity contribution in [1.82, 2.24) is 14.5 Å². The highest BCUT2D eigenvalue weighted by molar-refractivity contribution is 5.75. The summed E-state index contributed by atoms with van der Waals surface area (Å²) in [4.78, 5) is 17.1. The highest BCUT2D eigenvalue weighted by Crippen LogP contribution is 2.27. The first-order valence-electron chi connectivity index (χ1n) is 6.85. The molecule has 3 rings (SSSR count). The second-order valence-electron chi connectivity index (χ2n) is 5.04. The minimum absolute atomic E-state index is 0.0433. The number of hydrogen-bond donors (Lipinski definition) is 1. The summed E-state index contributed by atoms with van der Waals surface area (Å²) in [6.45, 7) is 3.99. The highest BCUT2D eigenvalue weighted by atomic mass is 19.1. The number of para-hydroxylation sites is 1. The van der Waals surface area contributed by atoms with Crippen LogP contribution in [0.3, 0.4) is 0 Å². The fraction of sp³-hybridized carbons (Fsp3) is 0.500. The molecular formula is C14H18FN3O. The number of aromatic amines is 1. The Kier molecular flexibility index (Phi) is 3.14. The molecule has 1 aliphatic heterocycles. The summed E-state index contributed by atoms with van der Waals surface area (Å²) in [6.07, 6.45) is 3.25. The van der Waals surface area contributed by atoms with Gasteiger partial charge in [0, 0.05) is 6.54 Å². The SMILES string of the molecule is CCN1CCCCC1n1c(=O)[nH]c2c(F)cccc21. The summed E-state index contributed by atoms with van der Waals surface area (Å²) in [5.41, 5.74) is 0.759. The maximum absolute atomic E-state index is 13.7. The van der Waals surface area contributed by atoms with Gasteiger partial charge >= 0.3 is 5.69 Å². The van der Waals surface area contributed by atoms with Crippen LogP contribution in [-0.4, -0.2) is 27.5 Å². The quantitative estimate of drug-likeness (QED) is 0.904. The lowest BCUT2D eigenvalue weighted by Gasteiger charge is -2.35. The van der Waals surface area contributed by atoms with Gasteiger partial charge in [0.05, 0.1) is 11.7 Å². The van der Waals surface area contributed by atoms with E-state index in [2.05, 4.69) is 16.8 Å². The maximum atomic E-state index is 13.7. The molecule has 0 aliphatic carbocycles. The Bertz CT molecular complexity index is 646. The van der Waals surface area contributed by atoms with Crippen molar-refractivity contribution in [2.75, 3.05) is 13.1 Å². The third-order valence-electron chi connectivity index (χ3n) is 3.99. The predicted octanol–water partition coefficient (Wildman–Crippen LogP) is 2.47. The Hall–Kier alpha value is -1.62. The number of nitrogens with zero attached hydrogens (tertiary/aromatic N) is 2. The molecule has 4 nitrogen and oxygen atoms in total. The summed E-state index contributed by atoms with van der Waals surface area (Å²) < 4.78 is 15.4. The molecule has 1 saturated heterocycles. The van der Waals surface area contributed by atoms with Crippen LogP contribution >= 0.6 is 0 Å². The van der Waals surface area contributed by atoms with E-state index in [-0.39, 0.29) is 17.7 Å². The molecule has 0 amide bonds. The molecule has 102 valence electrons. The number of hydrogen-bond acceptors (Lipinski definition) is 2. The summed E-state index contributed by atoms with van der Waals surface area (Å²) in [7, 11) is 0. The number of piperidine rings is 1. The molecule has 1 atom stereocenters. The van der Waals surface area contributed by atoms with Gasteiger partial charge in [-0.3, -0.25) is 9.47 Å². The van der Waals surface area contributed by atoms with Crippen molar-refractivity contribution in [2.24, 2.45) is 0 Å². The average molecular weight is 263 g/mol. The van der Waals surface area contributed by atoms with Gasteiger partial charge < -0.3 is 4.98 Å². The molecule has 0 bridgehead atoms. The Morgan fingerprint density at radius 3 is 3.05 bits per heavy atom. The van der Waals surface area contributed by atoms with Crippen molar-refractivity contribution >= 4 is 11.0 Å². The topological polar surface area (TPSA) is 41.0 Å². The van der Waals surface area contributed by atoms with E-state index < -0.39 is 0 Å². The van der Waals surface area contributed by atoms with E-state index in [1.165, 1.54) is 6.07 Å². The smallest absolute Gasteiger partial charge is 0.303 e. The molecule has 2 heterocycles. The molecule has 0 radical (unpaired) electrons. The van der Waals surface area contributed by atoms with E-state index in [1.807, 2.05) is 0 Å². The Labute approximate surface area is 110 Å². The molecule has 19 heavy (non-hydrogen) atoms. The molecule has 1 N–H and O–H groups in total. The molecule has 0 spiro atoms. The lowest BCUT2D eigenvalue weighted by atomic mass is 10.1. The van der Waals surface area contributed by atoms with E-state index in [0.29, 0.717) is 11.0 Å². The standard InChI is InChI=1S/C14H18FN3O/c1-2-17-9-4-3-8-12(17)18-11-7-5-6-10(15)13(11)16-14(18)19/h5-7,12H,2-4,8-9H2,1H3,(H,16,19). The van der Waals surface area contributed by atoms with Gasteiger partial charge in [0.1, 0.15) is 11.3 Å². The second-order valence-corrected chi connectivity index (χ2v) is 5.04. The van der Waals surface area contributed by atoms with Crippen molar-refractivity contribution < 1.29 is 4.39 Å². The van der Waals surface area contributed by atoms with Gasteiger partial charge in [-0.25, -0.2) is 9.18 Å². The van der Waals surface area contributed by atoms with Crippen LogP contribution in [0.4, 0.5) is 4.39 Å². The van der Waals surface area contributed by atoms with Gasteiger partial charge in [0.15, 0.2) is 0 Å². The largest absolute Gasteiger partial charge is 0.327 e. The van der Waals surface area contributed by atoms with E-state index in [4.69, 9.17) is 0 Å². The first-order chi connectivity index (χ1) is 9.22. The number of aromatic nitrogens is 2. The molecule has 1 unspecified atom stereocenters. The molecule has 0 saturated carbocycles. The fourth-order valence-corrected chi connectivity index (χ4v) is 3.04. The minimum atomic E-state index is -0.368. The molecule has 5 heteroatoms. The number of rotatable bonds is 2. The molecule has 1 aliphatic rings. The third kappa shape index (κ3) is 1.98. The van der Waals surface area contributed by atoms with Crippen LogP contribution < -0.4 is 5.69 Å². The van der Waals surface area contributed by atoms with Crippen LogP contribution in [0.25, 0.3) is 11.0 Å². The van der Waals surface area contributed by atoms with Crippen LogP contribution in [0.5, 0.6) is 0 Å². The summed E-state index contributed by atoms with van der Waals surface area (Å²) in [5.74, 6) is -0.368. The van der Waals surface area contributed by atoms with Crippen molar-refractivity contribution in [1.29, 1.82) is 0 Å². The van der Waals surface area contributed by atoms with Crippen molar-refractivity contribution in [3.63, 3.8) is 0 Å². The Balaban J connectivity index is 2.16. The first kappa shape index (κ1) is 12.4. The monoisotopic (exact) mass is 263 g/mol. The summed E-state index contributed by atoms with van der Waals surface area (Å²) in [5, 5.41) is 0. The maximum Gasteiger partial charge on any atom is 0.327 e. The molecular weight excluding hydrogens is 245 g/mol. The van der Waals surface area contributed by atoms with Crippen molar-refractivity contribution in [2.45, 2.75) is 32.4 Å². The van der Waals surface area contributed by atoms with Crippen LogP contribution in [0.15, 0.2) is 23.0 Å². The first-order valence-corrected chi connectivity index (χ1v) is 6.85. The van der Waals surface area contributed by atoms with Crippen LogP contribution in [-0.2, 0) is 0 Å². The van der Waals surface area contributed by atoms with Crippen LogP contribution in [0.2, 0.25) is 0 Å². The Morgan fingerprint density at radius 1 is 1.42 bits per heavy atom. The molecule has 1 fully saturated rings. The number of imidazole rings is 1. The number of likely N-dealkylation sites (tertiary alicyclic amines) is 1. The van der Waals surface area contributed by atoms with E-state index in [1.54, 1.807) is 16.7 Å². The minimum Gasteiger partial charge on any atom is -0.303 e. The number of H-pyrrole nitrogens is 1. The predicted molar refractivity (Wildman–Crippen MR) is 72.7 cm³/mol. The zero-order valence-corrected chi connectivity index (χ0v) is 11.0. The zero-order valence-electron chi connectivity index (χ0n) is 11.0. The van der Waals surface area contributed by atoms with Gasteiger partial charge in [-0.1, -0.05) is 13.0 Å². The number of nitrogens with one attached hydrogen (secondary N) is 1. The average Bonchev–Trinajstić information content (AvgIpc) is 2.76. The molecule has 1 aromatic heterocycles. The fourth-order valence-electron chi connectivity index (χ4n) is 3.04. The molecule has 1 aromatic carbocycles. The lowest BCUT2D eigenvalue weighted by Crippen LogP contribution is -2.40. The number of fused-ring (bicyclic) bond motifs is 1. The normalized spacial score (nSPS) is 21.1. The zero-order chi connectivity index (χ0) is 13.4. The Morgan fingerprint density at radius 2 is 2.26 bits per heavy atom. The highest BCUT2D eigenvalue weighted by Gasteiger charge is 2.26. The molecule has 2 aromatic rings. The van der Waals surface area contributed by atoms with Gasteiger partial charge in [-0.2, -0.15) is 0 Å². The van der Waals surface area contributed by atoms with E-state index in [9.17, 15) is 9.18 Å². The van der Waals surface area contributed by atoms with Crippen molar-refractivity contribution in [3.8, 4) is 0 Å². The second kappa shape index (κ2) is 4.81. The van der Waals surface area contributed by atoms with Gasteiger partial charge in [-0.05, 0) is 37.9 Å². The summed E-state index contributed by atoms with van der Waals surface area (Å²) in [6, 6.07) is 4.83. The van der Waals surface area contributed by atoms with Gasteiger partial charge in [-0.15, -0.1) is 0 Å². The number of benzene rings is 1. The van der Waals surface area contributed by atoms with E-state index >= 15 is 0 Å². The van der Waals surface area contributed by atoms with Crippen LogP contribution in [0.1, 0.15) is 32.4 Å². The number of halogens is 1. The van der Waals surface area contributed by atoms with Crippen LogP contribution in [0, 0.1) is 5.82 Å². The van der Waals surface area contributed by atoms with Crippen molar-refractivity contribution in [3.05, 3.63) is 34.5 Å².